The molecule has 1 aliphatic heterocycles. The van der Waals surface area contributed by atoms with Gasteiger partial charge in [-0.2, -0.15) is 9.78 Å². The van der Waals surface area contributed by atoms with Crippen molar-refractivity contribution in [3.8, 4) is 5.69 Å². The molecule has 0 aliphatic carbocycles. The number of hydrogen-bond acceptors (Lipinski definition) is 6. The van der Waals surface area contributed by atoms with Gasteiger partial charge in [-0.3, -0.25) is 4.79 Å². The summed E-state index contributed by atoms with van der Waals surface area (Å²) in [6.07, 6.45) is 0. The Kier molecular flexibility index (Phi) is 4.61. The Hall–Kier alpha value is -2.67. The Labute approximate surface area is 140 Å². The van der Waals surface area contributed by atoms with Gasteiger partial charge in [-0.25, -0.2) is 4.79 Å². The second-order valence-electron chi connectivity index (χ2n) is 5.75. The third kappa shape index (κ3) is 3.16. The summed E-state index contributed by atoms with van der Waals surface area (Å²) in [6, 6.07) is 10.5. The van der Waals surface area contributed by atoms with Gasteiger partial charge >= 0.3 is 5.97 Å². The summed E-state index contributed by atoms with van der Waals surface area (Å²) in [5.74, 6) is -0.548. The van der Waals surface area contributed by atoms with Crippen LogP contribution >= 0.6 is 0 Å². The quantitative estimate of drug-likeness (QED) is 0.776. The number of benzene rings is 1. The molecule has 0 saturated carbocycles. The smallest absolute Gasteiger partial charge is 0.360 e. The van der Waals surface area contributed by atoms with Crippen molar-refractivity contribution >= 4 is 11.7 Å². The minimum atomic E-state index is -0.548. The van der Waals surface area contributed by atoms with Gasteiger partial charge < -0.3 is 14.5 Å². The highest BCUT2D eigenvalue weighted by Gasteiger charge is 2.24. The Morgan fingerprint density at radius 3 is 2.42 bits per heavy atom. The molecule has 24 heavy (non-hydrogen) atoms. The zero-order valence-corrected chi connectivity index (χ0v) is 13.8. The summed E-state index contributed by atoms with van der Waals surface area (Å²) < 4.78 is 6.09. The molecule has 0 bridgehead atoms. The maximum atomic E-state index is 12.5. The molecule has 0 unspecified atom stereocenters. The van der Waals surface area contributed by atoms with Crippen LogP contribution < -0.4 is 10.5 Å². The molecule has 0 N–H and O–H groups in total. The van der Waals surface area contributed by atoms with Gasteiger partial charge in [0.1, 0.15) is 0 Å². The number of hydrogen-bond donors (Lipinski definition) is 0. The van der Waals surface area contributed by atoms with Crippen molar-refractivity contribution in [3.63, 3.8) is 0 Å². The molecule has 3 rings (SSSR count). The van der Waals surface area contributed by atoms with E-state index in [9.17, 15) is 9.59 Å². The summed E-state index contributed by atoms with van der Waals surface area (Å²) in [6.45, 7) is 3.19. The largest absolute Gasteiger partial charge is 0.464 e. The Balaban J connectivity index is 2.07. The fraction of sp³-hybridized carbons (Fsp3) is 0.353. The van der Waals surface area contributed by atoms with Gasteiger partial charge in [0.05, 0.1) is 18.5 Å². The van der Waals surface area contributed by atoms with E-state index in [1.165, 1.54) is 17.9 Å². The van der Waals surface area contributed by atoms with Crippen LogP contribution in [0.5, 0.6) is 0 Å². The monoisotopic (exact) mass is 328 g/mol. The van der Waals surface area contributed by atoms with Crippen LogP contribution in [0.3, 0.4) is 0 Å². The Morgan fingerprint density at radius 2 is 1.79 bits per heavy atom. The van der Waals surface area contributed by atoms with Crippen molar-refractivity contribution in [2.24, 2.45) is 0 Å². The number of para-hydroxylation sites is 1. The van der Waals surface area contributed by atoms with Crippen molar-refractivity contribution < 1.29 is 9.53 Å². The van der Waals surface area contributed by atoms with E-state index in [2.05, 4.69) is 10.00 Å². The van der Waals surface area contributed by atoms with Crippen LogP contribution in [0.1, 0.15) is 10.5 Å². The molecule has 0 spiro atoms. The number of piperazine rings is 1. The first-order valence-corrected chi connectivity index (χ1v) is 7.82. The van der Waals surface area contributed by atoms with E-state index in [1.807, 2.05) is 30.1 Å². The van der Waals surface area contributed by atoms with Crippen molar-refractivity contribution in [2.75, 3.05) is 45.2 Å². The lowest BCUT2D eigenvalue weighted by Gasteiger charge is -2.34. The molecule has 1 aromatic heterocycles. The summed E-state index contributed by atoms with van der Waals surface area (Å²) in [5, 5.41) is 4.28. The first-order chi connectivity index (χ1) is 11.6. The van der Waals surface area contributed by atoms with Crippen LogP contribution in [-0.2, 0) is 4.74 Å². The van der Waals surface area contributed by atoms with Crippen molar-refractivity contribution in [1.82, 2.24) is 14.7 Å². The predicted octanol–water partition coefficient (Wildman–Crippen LogP) is 0.771. The van der Waals surface area contributed by atoms with Crippen LogP contribution in [-0.4, -0.2) is 61.0 Å². The molecular formula is C17H20N4O3. The summed E-state index contributed by atoms with van der Waals surface area (Å²) in [4.78, 5) is 28.9. The summed E-state index contributed by atoms with van der Waals surface area (Å²) in [7, 11) is 3.36. The minimum Gasteiger partial charge on any atom is -0.464 e. The normalized spacial score (nSPS) is 15.3. The average molecular weight is 328 g/mol. The fourth-order valence-corrected chi connectivity index (χ4v) is 2.73. The predicted molar refractivity (Wildman–Crippen MR) is 90.9 cm³/mol. The number of esters is 1. The van der Waals surface area contributed by atoms with E-state index in [4.69, 9.17) is 4.74 Å². The van der Waals surface area contributed by atoms with E-state index < -0.39 is 5.97 Å². The van der Waals surface area contributed by atoms with E-state index in [0.717, 1.165) is 26.2 Å². The van der Waals surface area contributed by atoms with Gasteiger partial charge in [-0.1, -0.05) is 18.2 Å². The molecule has 1 aromatic carbocycles. The molecule has 1 aliphatic rings. The topological polar surface area (TPSA) is 67.7 Å². The Morgan fingerprint density at radius 1 is 1.12 bits per heavy atom. The number of methoxy groups -OCH3 is 1. The number of ether oxygens (including phenoxy) is 1. The lowest BCUT2D eigenvalue weighted by molar-refractivity contribution is 0.0592. The van der Waals surface area contributed by atoms with Crippen molar-refractivity contribution in [1.29, 1.82) is 0 Å². The van der Waals surface area contributed by atoms with Crippen LogP contribution in [0, 0.1) is 0 Å². The van der Waals surface area contributed by atoms with Gasteiger partial charge in [-0.05, 0) is 19.2 Å². The number of anilines is 1. The zero-order chi connectivity index (χ0) is 17.1. The molecule has 7 nitrogen and oxygen atoms in total. The van der Waals surface area contributed by atoms with Gasteiger partial charge in [0.2, 0.25) is 0 Å². The van der Waals surface area contributed by atoms with E-state index in [-0.39, 0.29) is 11.3 Å². The number of nitrogens with zero attached hydrogens (tertiary/aromatic N) is 4. The second kappa shape index (κ2) is 6.84. The molecule has 0 atom stereocenters. The number of aromatic nitrogens is 2. The molecule has 126 valence electrons. The SMILES string of the molecule is COC(=O)c1nn(-c2ccccc2)c(=O)cc1N1CCN(C)CC1. The average Bonchev–Trinajstić information content (AvgIpc) is 2.62. The van der Waals surface area contributed by atoms with Gasteiger partial charge in [0, 0.05) is 32.2 Å². The minimum absolute atomic E-state index is 0.158. The molecule has 1 fully saturated rings. The zero-order valence-electron chi connectivity index (χ0n) is 13.8. The first kappa shape index (κ1) is 16.2. The fourth-order valence-electron chi connectivity index (χ4n) is 2.73. The van der Waals surface area contributed by atoms with E-state index >= 15 is 0 Å². The maximum Gasteiger partial charge on any atom is 0.360 e. The third-order valence-electron chi connectivity index (χ3n) is 4.14. The molecule has 0 radical (unpaired) electrons. The lowest BCUT2D eigenvalue weighted by Crippen LogP contribution is -2.45. The molecule has 2 heterocycles. The number of likely N-dealkylation sites (N-methyl/N-ethyl adjacent to an activating group) is 1. The van der Waals surface area contributed by atoms with E-state index in [1.54, 1.807) is 12.1 Å². The Bertz CT molecular complexity index is 780. The number of rotatable bonds is 3. The summed E-state index contributed by atoms with van der Waals surface area (Å²) >= 11 is 0. The van der Waals surface area contributed by atoms with Crippen LogP contribution in [0.25, 0.3) is 5.69 Å². The highest BCUT2D eigenvalue weighted by atomic mass is 16.5. The molecular weight excluding hydrogens is 308 g/mol. The second-order valence-corrected chi connectivity index (χ2v) is 5.75. The maximum absolute atomic E-state index is 12.5. The van der Waals surface area contributed by atoms with Crippen molar-refractivity contribution in [2.45, 2.75) is 0 Å². The van der Waals surface area contributed by atoms with Crippen LogP contribution in [0.4, 0.5) is 5.69 Å². The highest BCUT2D eigenvalue weighted by Crippen LogP contribution is 2.20. The van der Waals surface area contributed by atoms with Crippen LogP contribution in [0.2, 0.25) is 0 Å². The molecule has 0 amide bonds. The van der Waals surface area contributed by atoms with Gasteiger partial charge in [0.15, 0.2) is 5.69 Å². The van der Waals surface area contributed by atoms with Gasteiger partial charge in [-0.15, -0.1) is 0 Å². The number of carbonyl (C=O) groups excluding carboxylic acids is 1. The van der Waals surface area contributed by atoms with Crippen molar-refractivity contribution in [3.05, 3.63) is 52.4 Å². The molecule has 7 heteroatoms. The third-order valence-corrected chi connectivity index (χ3v) is 4.14. The molecule has 2 aromatic rings. The summed E-state index contributed by atoms with van der Waals surface area (Å²) in [5.41, 5.74) is 1.03. The number of carbonyl (C=O) groups is 1. The lowest BCUT2D eigenvalue weighted by atomic mass is 10.2. The standard InChI is InChI=1S/C17H20N4O3/c1-19-8-10-20(11-9-19)14-12-15(22)21(13-6-4-3-5-7-13)18-16(14)17(23)24-2/h3-7,12H,8-11H2,1-2H3. The first-order valence-electron chi connectivity index (χ1n) is 7.82. The highest BCUT2D eigenvalue weighted by molar-refractivity contribution is 5.93. The van der Waals surface area contributed by atoms with Gasteiger partial charge in [0.25, 0.3) is 5.56 Å². The van der Waals surface area contributed by atoms with E-state index in [0.29, 0.717) is 11.4 Å². The van der Waals surface area contributed by atoms with Crippen LogP contribution in [0.15, 0.2) is 41.2 Å². The molecule has 1 saturated heterocycles.